The van der Waals surface area contributed by atoms with Gasteiger partial charge in [0, 0.05) is 40.4 Å². The molecule has 0 bridgehead atoms. The van der Waals surface area contributed by atoms with E-state index in [0.717, 1.165) is 38.8 Å². The molecule has 0 saturated carbocycles. The zero-order valence-corrected chi connectivity index (χ0v) is 15.0. The number of nitrogens with zero attached hydrogens (tertiary/aromatic N) is 3. The molecule has 1 aromatic carbocycles. The molecule has 0 radical (unpaired) electrons. The van der Waals surface area contributed by atoms with Crippen LogP contribution in [-0.4, -0.2) is 30.8 Å². The number of aryl methyl sites for hydroxylation is 1. The number of hydrogen-bond acceptors (Lipinski definition) is 4. The molecule has 0 fully saturated rings. The second kappa shape index (κ2) is 6.31. The Hall–Kier alpha value is -4.00. The molecule has 5 rings (SSSR count). The van der Waals surface area contributed by atoms with E-state index in [0.29, 0.717) is 11.3 Å². The molecule has 0 aliphatic heterocycles. The van der Waals surface area contributed by atoms with Crippen LogP contribution in [0.2, 0.25) is 0 Å². The van der Waals surface area contributed by atoms with Crippen LogP contribution in [0.3, 0.4) is 0 Å². The van der Waals surface area contributed by atoms with Crippen molar-refractivity contribution in [1.29, 1.82) is 0 Å². The van der Waals surface area contributed by atoms with Crippen molar-refractivity contribution in [3.05, 3.63) is 72.6 Å². The highest BCUT2D eigenvalue weighted by molar-refractivity contribution is 6.13. The van der Waals surface area contributed by atoms with Crippen LogP contribution in [0.4, 0.5) is 5.69 Å². The predicted molar refractivity (Wildman–Crippen MR) is 108 cm³/mol. The van der Waals surface area contributed by atoms with Crippen LogP contribution in [0.1, 0.15) is 15.9 Å². The van der Waals surface area contributed by atoms with Crippen molar-refractivity contribution in [2.75, 3.05) is 5.32 Å². The van der Waals surface area contributed by atoms with Gasteiger partial charge in [-0.15, -0.1) is 0 Å². The molecule has 3 N–H and O–H groups in total. The lowest BCUT2D eigenvalue weighted by Gasteiger charge is -2.05. The third-order valence-corrected chi connectivity index (χ3v) is 4.79. The normalized spacial score (nSPS) is 11.2. The summed E-state index contributed by atoms with van der Waals surface area (Å²) in [6, 6.07) is 9.50. The molecule has 0 unspecified atom stereocenters. The molecule has 4 heterocycles. The Bertz CT molecular complexity index is 1320. The van der Waals surface area contributed by atoms with Gasteiger partial charge >= 0.3 is 0 Å². The summed E-state index contributed by atoms with van der Waals surface area (Å²) in [7, 11) is 0. The molecule has 0 aliphatic rings. The number of anilines is 1. The molecule has 5 aromatic rings. The van der Waals surface area contributed by atoms with Crippen molar-refractivity contribution >= 4 is 33.5 Å². The fourth-order valence-electron chi connectivity index (χ4n) is 3.43. The van der Waals surface area contributed by atoms with Crippen LogP contribution in [0.15, 0.2) is 61.4 Å². The Labute approximate surface area is 159 Å². The van der Waals surface area contributed by atoms with Gasteiger partial charge in [0.15, 0.2) is 0 Å². The van der Waals surface area contributed by atoms with Gasteiger partial charge in [0.2, 0.25) is 0 Å². The number of amides is 1. The second-order valence-corrected chi connectivity index (χ2v) is 6.58. The summed E-state index contributed by atoms with van der Waals surface area (Å²) in [6.45, 7) is 2.03. The highest BCUT2D eigenvalue weighted by Gasteiger charge is 2.15. The average molecular weight is 368 g/mol. The summed E-state index contributed by atoms with van der Waals surface area (Å²) >= 11 is 0. The first-order valence-corrected chi connectivity index (χ1v) is 8.82. The summed E-state index contributed by atoms with van der Waals surface area (Å²) in [5, 5.41) is 4.72. The van der Waals surface area contributed by atoms with Crippen molar-refractivity contribution < 1.29 is 4.79 Å². The van der Waals surface area contributed by atoms with Crippen LogP contribution >= 0.6 is 0 Å². The lowest BCUT2D eigenvalue weighted by atomic mass is 10.0. The first-order valence-electron chi connectivity index (χ1n) is 8.82. The smallest absolute Gasteiger partial charge is 0.257 e. The highest BCUT2D eigenvalue weighted by atomic mass is 16.1. The van der Waals surface area contributed by atoms with E-state index in [4.69, 9.17) is 0 Å². The fraction of sp³-hybridized carbons (Fsp3) is 0.0476. The SMILES string of the molecule is Cc1c[nH]c2ncnc(-c3ccc4c(C(=O)Nc5cccnc5)c[nH]c4c3)c12. The van der Waals surface area contributed by atoms with E-state index in [1.165, 1.54) is 0 Å². The quantitative estimate of drug-likeness (QED) is 0.447. The minimum absolute atomic E-state index is 0.182. The predicted octanol–water partition coefficient (Wildman–Crippen LogP) is 4.06. The van der Waals surface area contributed by atoms with E-state index in [2.05, 4.69) is 30.2 Å². The Balaban J connectivity index is 1.55. The Morgan fingerprint density at radius 2 is 2.04 bits per heavy atom. The van der Waals surface area contributed by atoms with E-state index in [9.17, 15) is 4.79 Å². The number of aromatic nitrogens is 5. The van der Waals surface area contributed by atoms with Gasteiger partial charge in [-0.05, 0) is 30.7 Å². The van der Waals surface area contributed by atoms with Gasteiger partial charge < -0.3 is 15.3 Å². The molecule has 0 spiro atoms. The molecule has 4 aromatic heterocycles. The van der Waals surface area contributed by atoms with Crippen molar-refractivity contribution in [2.24, 2.45) is 0 Å². The summed E-state index contributed by atoms with van der Waals surface area (Å²) in [5.41, 5.74) is 5.83. The molecule has 7 nitrogen and oxygen atoms in total. The Morgan fingerprint density at radius 1 is 1.11 bits per heavy atom. The minimum atomic E-state index is -0.182. The van der Waals surface area contributed by atoms with E-state index in [1.807, 2.05) is 31.3 Å². The third-order valence-electron chi connectivity index (χ3n) is 4.79. The molecule has 28 heavy (non-hydrogen) atoms. The van der Waals surface area contributed by atoms with Gasteiger partial charge in [0.1, 0.15) is 12.0 Å². The third kappa shape index (κ3) is 2.61. The zero-order chi connectivity index (χ0) is 19.1. The number of carbonyl (C=O) groups is 1. The van der Waals surface area contributed by atoms with Crippen LogP contribution in [0, 0.1) is 6.92 Å². The number of benzene rings is 1. The van der Waals surface area contributed by atoms with Gasteiger partial charge in [0.25, 0.3) is 5.91 Å². The standard InChI is InChI=1S/C21H16N6O/c1-12-8-24-20-18(12)19(25-11-26-20)13-4-5-15-16(10-23-17(15)7-13)21(28)27-14-3-2-6-22-9-14/h2-11,23H,1H3,(H,27,28)(H,24,25,26). The van der Waals surface area contributed by atoms with Crippen LogP contribution < -0.4 is 5.32 Å². The average Bonchev–Trinajstić information content (AvgIpc) is 3.32. The molecule has 136 valence electrons. The van der Waals surface area contributed by atoms with Gasteiger partial charge in [-0.1, -0.05) is 12.1 Å². The van der Waals surface area contributed by atoms with Crippen LogP contribution in [0.5, 0.6) is 0 Å². The largest absolute Gasteiger partial charge is 0.360 e. The number of nitrogens with one attached hydrogen (secondary N) is 3. The van der Waals surface area contributed by atoms with E-state index in [-0.39, 0.29) is 5.91 Å². The minimum Gasteiger partial charge on any atom is -0.360 e. The maximum absolute atomic E-state index is 12.6. The number of carbonyl (C=O) groups excluding carboxylic acids is 1. The maximum Gasteiger partial charge on any atom is 0.257 e. The Morgan fingerprint density at radius 3 is 2.89 bits per heavy atom. The molecule has 0 aliphatic carbocycles. The fourth-order valence-corrected chi connectivity index (χ4v) is 3.43. The molecule has 1 amide bonds. The van der Waals surface area contributed by atoms with Crippen molar-refractivity contribution in [3.8, 4) is 11.3 Å². The number of H-pyrrole nitrogens is 2. The van der Waals surface area contributed by atoms with Crippen LogP contribution in [-0.2, 0) is 0 Å². The van der Waals surface area contributed by atoms with Gasteiger partial charge in [-0.25, -0.2) is 9.97 Å². The van der Waals surface area contributed by atoms with E-state index in [1.54, 1.807) is 37.1 Å². The topological polar surface area (TPSA) is 99.3 Å². The summed E-state index contributed by atoms with van der Waals surface area (Å²) in [4.78, 5) is 31.8. The number of pyridine rings is 1. The second-order valence-electron chi connectivity index (χ2n) is 6.58. The molecule has 0 saturated heterocycles. The van der Waals surface area contributed by atoms with Crippen molar-refractivity contribution in [3.63, 3.8) is 0 Å². The Kier molecular flexibility index (Phi) is 3.65. The summed E-state index contributed by atoms with van der Waals surface area (Å²) in [6.07, 6.45) is 8.48. The first-order chi connectivity index (χ1) is 13.7. The number of fused-ring (bicyclic) bond motifs is 2. The molecular formula is C21H16N6O. The van der Waals surface area contributed by atoms with Crippen molar-refractivity contribution in [2.45, 2.75) is 6.92 Å². The highest BCUT2D eigenvalue weighted by Crippen LogP contribution is 2.30. The molecular weight excluding hydrogens is 352 g/mol. The lowest BCUT2D eigenvalue weighted by Crippen LogP contribution is -2.11. The first kappa shape index (κ1) is 16.2. The lowest BCUT2D eigenvalue weighted by molar-refractivity contribution is 0.102. The van der Waals surface area contributed by atoms with E-state index < -0.39 is 0 Å². The number of aromatic amines is 2. The van der Waals surface area contributed by atoms with Crippen LogP contribution in [0.25, 0.3) is 33.2 Å². The number of hydrogen-bond donors (Lipinski definition) is 3. The van der Waals surface area contributed by atoms with Gasteiger partial charge in [-0.3, -0.25) is 9.78 Å². The van der Waals surface area contributed by atoms with Gasteiger partial charge in [-0.2, -0.15) is 0 Å². The van der Waals surface area contributed by atoms with Gasteiger partial charge in [0.05, 0.1) is 23.1 Å². The molecule has 0 atom stereocenters. The zero-order valence-electron chi connectivity index (χ0n) is 15.0. The summed E-state index contributed by atoms with van der Waals surface area (Å²) in [5.74, 6) is -0.182. The number of rotatable bonds is 3. The molecule has 7 heteroatoms. The summed E-state index contributed by atoms with van der Waals surface area (Å²) < 4.78 is 0. The monoisotopic (exact) mass is 368 g/mol. The van der Waals surface area contributed by atoms with Crippen molar-refractivity contribution in [1.82, 2.24) is 24.9 Å². The van der Waals surface area contributed by atoms with E-state index >= 15 is 0 Å². The maximum atomic E-state index is 12.6.